The molecule has 0 aliphatic carbocycles. The Hall–Kier alpha value is -2.77. The standard InChI is InChI=1S/C13H13FN4O3/c1-2-21-13-11(18(19)20)12(16-8-17-13)15-7-9-5-3-4-6-10(9)14/h3-6,8H,2,7H2,1H3,(H,15,16,17). The minimum Gasteiger partial charge on any atom is -0.473 e. The van der Waals surface area contributed by atoms with Crippen molar-refractivity contribution in [2.45, 2.75) is 13.5 Å². The van der Waals surface area contributed by atoms with Gasteiger partial charge < -0.3 is 10.1 Å². The first-order chi connectivity index (χ1) is 10.1. The van der Waals surface area contributed by atoms with Crippen LogP contribution in [0.4, 0.5) is 15.9 Å². The van der Waals surface area contributed by atoms with Gasteiger partial charge in [-0.1, -0.05) is 18.2 Å². The molecule has 0 bridgehead atoms. The van der Waals surface area contributed by atoms with Crippen molar-refractivity contribution in [1.29, 1.82) is 0 Å². The second-order valence-corrected chi connectivity index (χ2v) is 4.01. The number of rotatable bonds is 6. The number of anilines is 1. The highest BCUT2D eigenvalue weighted by Gasteiger charge is 2.24. The Labute approximate surface area is 120 Å². The van der Waals surface area contributed by atoms with Gasteiger partial charge in [-0.25, -0.2) is 9.37 Å². The van der Waals surface area contributed by atoms with E-state index in [4.69, 9.17) is 4.74 Å². The number of nitrogens with zero attached hydrogens (tertiary/aromatic N) is 3. The van der Waals surface area contributed by atoms with Gasteiger partial charge in [0.05, 0.1) is 11.5 Å². The lowest BCUT2D eigenvalue weighted by Gasteiger charge is -2.09. The molecule has 0 atom stereocenters. The maximum atomic E-state index is 13.5. The highest BCUT2D eigenvalue weighted by molar-refractivity contribution is 5.61. The molecule has 1 heterocycles. The Bertz CT molecular complexity index is 651. The Kier molecular flexibility index (Phi) is 4.60. The summed E-state index contributed by atoms with van der Waals surface area (Å²) in [7, 11) is 0. The first-order valence-electron chi connectivity index (χ1n) is 6.23. The minimum absolute atomic E-state index is 0.0123. The molecular formula is C13H13FN4O3. The van der Waals surface area contributed by atoms with Crippen molar-refractivity contribution in [2.24, 2.45) is 0 Å². The first-order valence-corrected chi connectivity index (χ1v) is 6.23. The summed E-state index contributed by atoms with van der Waals surface area (Å²) in [5.41, 5.74) is 0.0130. The molecule has 8 heteroatoms. The maximum absolute atomic E-state index is 13.5. The zero-order valence-electron chi connectivity index (χ0n) is 11.2. The summed E-state index contributed by atoms with van der Waals surface area (Å²) in [6, 6.07) is 6.15. The van der Waals surface area contributed by atoms with Crippen molar-refractivity contribution in [2.75, 3.05) is 11.9 Å². The highest BCUT2D eigenvalue weighted by Crippen LogP contribution is 2.31. The summed E-state index contributed by atoms with van der Waals surface area (Å²) in [6.45, 7) is 2.00. The van der Waals surface area contributed by atoms with Crippen molar-refractivity contribution in [1.82, 2.24) is 9.97 Å². The Morgan fingerprint density at radius 2 is 2.14 bits per heavy atom. The molecule has 1 aromatic heterocycles. The van der Waals surface area contributed by atoms with Gasteiger partial charge in [0.2, 0.25) is 5.82 Å². The van der Waals surface area contributed by atoms with E-state index in [9.17, 15) is 14.5 Å². The number of halogens is 1. The molecule has 0 aliphatic heterocycles. The third-order valence-corrected chi connectivity index (χ3v) is 2.66. The molecule has 0 saturated heterocycles. The third kappa shape index (κ3) is 3.41. The SMILES string of the molecule is CCOc1ncnc(NCc2ccccc2F)c1[N+](=O)[O-]. The lowest BCUT2D eigenvalue weighted by molar-refractivity contribution is -0.385. The summed E-state index contributed by atoms with van der Waals surface area (Å²) >= 11 is 0. The second-order valence-electron chi connectivity index (χ2n) is 4.01. The predicted octanol–water partition coefficient (Wildman–Crippen LogP) is 2.53. The van der Waals surface area contributed by atoms with Crippen LogP contribution in [0.3, 0.4) is 0 Å². The van der Waals surface area contributed by atoms with Crippen molar-refractivity contribution >= 4 is 11.5 Å². The lowest BCUT2D eigenvalue weighted by atomic mass is 10.2. The minimum atomic E-state index is -0.630. The quantitative estimate of drug-likeness (QED) is 0.650. The highest BCUT2D eigenvalue weighted by atomic mass is 19.1. The average molecular weight is 292 g/mol. The Morgan fingerprint density at radius 1 is 1.38 bits per heavy atom. The first kappa shape index (κ1) is 14.6. The van der Waals surface area contributed by atoms with E-state index in [1.807, 2.05) is 0 Å². The van der Waals surface area contributed by atoms with Crippen LogP contribution in [0.5, 0.6) is 5.88 Å². The van der Waals surface area contributed by atoms with E-state index < -0.39 is 10.7 Å². The second kappa shape index (κ2) is 6.60. The van der Waals surface area contributed by atoms with E-state index >= 15 is 0 Å². The van der Waals surface area contributed by atoms with E-state index in [0.29, 0.717) is 5.56 Å². The van der Waals surface area contributed by atoms with Crippen LogP contribution in [0, 0.1) is 15.9 Å². The zero-order valence-corrected chi connectivity index (χ0v) is 11.2. The molecule has 0 radical (unpaired) electrons. The van der Waals surface area contributed by atoms with Crippen molar-refractivity contribution in [3.63, 3.8) is 0 Å². The number of ether oxygens (including phenoxy) is 1. The molecule has 1 N–H and O–H groups in total. The molecular weight excluding hydrogens is 279 g/mol. The topological polar surface area (TPSA) is 90.2 Å². The normalized spacial score (nSPS) is 10.2. The number of benzene rings is 1. The largest absolute Gasteiger partial charge is 0.473 e. The average Bonchev–Trinajstić information content (AvgIpc) is 2.46. The number of hydrogen-bond acceptors (Lipinski definition) is 6. The van der Waals surface area contributed by atoms with E-state index in [2.05, 4.69) is 15.3 Å². The smallest absolute Gasteiger partial charge is 0.372 e. The predicted molar refractivity (Wildman–Crippen MR) is 73.6 cm³/mol. The summed E-state index contributed by atoms with van der Waals surface area (Å²) in [4.78, 5) is 18.1. The van der Waals surface area contributed by atoms with Crippen LogP contribution in [0.1, 0.15) is 12.5 Å². The van der Waals surface area contributed by atoms with Crippen LogP contribution < -0.4 is 10.1 Å². The molecule has 2 aromatic rings. The van der Waals surface area contributed by atoms with E-state index in [0.717, 1.165) is 6.33 Å². The monoisotopic (exact) mass is 292 g/mol. The molecule has 0 aliphatic rings. The van der Waals surface area contributed by atoms with Crippen LogP contribution in [0.25, 0.3) is 0 Å². The van der Waals surface area contributed by atoms with Gasteiger partial charge >= 0.3 is 5.69 Å². The van der Waals surface area contributed by atoms with Crippen LogP contribution in [0.15, 0.2) is 30.6 Å². The van der Waals surface area contributed by atoms with Crippen LogP contribution >= 0.6 is 0 Å². The fourth-order valence-corrected chi connectivity index (χ4v) is 1.72. The number of aromatic nitrogens is 2. The van der Waals surface area contributed by atoms with Gasteiger partial charge in [-0.05, 0) is 13.0 Å². The number of nitro groups is 1. The molecule has 110 valence electrons. The van der Waals surface area contributed by atoms with E-state index in [1.165, 1.54) is 6.07 Å². The van der Waals surface area contributed by atoms with Gasteiger partial charge in [-0.2, -0.15) is 4.98 Å². The fourth-order valence-electron chi connectivity index (χ4n) is 1.72. The van der Waals surface area contributed by atoms with Crippen molar-refractivity contribution < 1.29 is 14.1 Å². The van der Waals surface area contributed by atoms with Gasteiger partial charge in [-0.3, -0.25) is 10.1 Å². The number of hydrogen-bond donors (Lipinski definition) is 1. The molecule has 0 unspecified atom stereocenters. The number of nitrogens with one attached hydrogen (secondary N) is 1. The molecule has 21 heavy (non-hydrogen) atoms. The van der Waals surface area contributed by atoms with Crippen LogP contribution in [0.2, 0.25) is 0 Å². The van der Waals surface area contributed by atoms with Gasteiger partial charge in [0.1, 0.15) is 12.1 Å². The summed E-state index contributed by atoms with van der Waals surface area (Å²) in [5, 5.41) is 13.9. The van der Waals surface area contributed by atoms with Crippen molar-refractivity contribution in [3.8, 4) is 5.88 Å². The third-order valence-electron chi connectivity index (χ3n) is 2.66. The summed E-state index contributed by atoms with van der Waals surface area (Å²) in [5.74, 6) is -0.526. The molecule has 0 spiro atoms. The molecule has 0 amide bonds. The van der Waals surface area contributed by atoms with Gasteiger partial charge in [0, 0.05) is 12.1 Å². The Balaban J connectivity index is 2.25. The lowest BCUT2D eigenvalue weighted by Crippen LogP contribution is -2.08. The van der Waals surface area contributed by atoms with E-state index in [-0.39, 0.29) is 30.5 Å². The van der Waals surface area contributed by atoms with Crippen LogP contribution in [-0.4, -0.2) is 21.5 Å². The maximum Gasteiger partial charge on any atom is 0.372 e. The van der Waals surface area contributed by atoms with Gasteiger partial charge in [0.15, 0.2) is 0 Å². The molecule has 2 rings (SSSR count). The fraction of sp³-hybridized carbons (Fsp3) is 0.231. The molecule has 1 aromatic carbocycles. The Morgan fingerprint density at radius 3 is 2.81 bits per heavy atom. The van der Waals surface area contributed by atoms with E-state index in [1.54, 1.807) is 25.1 Å². The van der Waals surface area contributed by atoms with Gasteiger partial charge in [0.25, 0.3) is 5.88 Å². The zero-order chi connectivity index (χ0) is 15.2. The van der Waals surface area contributed by atoms with Gasteiger partial charge in [-0.15, -0.1) is 0 Å². The summed E-state index contributed by atoms with van der Waals surface area (Å²) < 4.78 is 18.6. The molecule has 7 nitrogen and oxygen atoms in total. The summed E-state index contributed by atoms with van der Waals surface area (Å²) in [6.07, 6.45) is 1.15. The molecule has 0 fully saturated rings. The van der Waals surface area contributed by atoms with Crippen LogP contribution in [-0.2, 0) is 6.54 Å². The van der Waals surface area contributed by atoms with Crippen molar-refractivity contribution in [3.05, 3.63) is 52.1 Å². The molecule has 0 saturated carbocycles.